The summed E-state index contributed by atoms with van der Waals surface area (Å²) in [5.41, 5.74) is 9.02. The molecule has 0 bridgehead atoms. The van der Waals surface area contributed by atoms with E-state index >= 15 is 0 Å². The first-order chi connectivity index (χ1) is 19.0. The predicted molar refractivity (Wildman–Crippen MR) is 153 cm³/mol. The Balaban J connectivity index is 1.60. The molecule has 3 aromatic carbocycles. The number of hydrogen-bond acceptors (Lipinski definition) is 5. The van der Waals surface area contributed by atoms with Gasteiger partial charge < -0.3 is 21.1 Å². The molecule has 3 rings (SSSR count). The van der Waals surface area contributed by atoms with Crippen LogP contribution in [0.25, 0.3) is 0 Å². The third kappa shape index (κ3) is 8.64. The average Bonchev–Trinajstić information content (AvgIpc) is 2.90. The zero-order valence-electron chi connectivity index (χ0n) is 21.4. The normalized spacial score (nSPS) is 12.6. The van der Waals surface area contributed by atoms with E-state index in [1.807, 2.05) is 44.2 Å². The monoisotopic (exact) mass is 566 g/mol. The van der Waals surface area contributed by atoms with E-state index in [1.54, 1.807) is 24.3 Å². The van der Waals surface area contributed by atoms with E-state index in [4.69, 9.17) is 18.0 Å². The number of alkyl halides is 3. The van der Waals surface area contributed by atoms with Crippen LogP contribution in [0.4, 0.5) is 30.2 Å². The van der Waals surface area contributed by atoms with E-state index in [9.17, 15) is 23.2 Å². The first-order valence-corrected chi connectivity index (χ1v) is 12.3. The topological polar surface area (TPSA) is 125 Å². The van der Waals surface area contributed by atoms with Crippen molar-refractivity contribution in [2.45, 2.75) is 26.1 Å². The molecule has 0 heterocycles. The molecule has 0 fully saturated rings. The summed E-state index contributed by atoms with van der Waals surface area (Å²) in [6.07, 6.45) is -3.61. The summed E-state index contributed by atoms with van der Waals surface area (Å²) in [7, 11) is 0. The fourth-order valence-electron chi connectivity index (χ4n) is 3.46. The highest BCUT2D eigenvalue weighted by molar-refractivity contribution is 7.80. The molecule has 0 saturated heterocycles. The van der Waals surface area contributed by atoms with Crippen LogP contribution in [-0.4, -0.2) is 29.4 Å². The fourth-order valence-corrected chi connectivity index (χ4v) is 3.73. The first-order valence-electron chi connectivity index (χ1n) is 11.9. The highest BCUT2D eigenvalue weighted by atomic mass is 32.1. The number of carbonyl (C=O) groups is 1. The fraction of sp³-hybridized carbons (Fsp3) is 0.179. The van der Waals surface area contributed by atoms with Crippen molar-refractivity contribution in [2.75, 3.05) is 10.6 Å². The van der Waals surface area contributed by atoms with Gasteiger partial charge in [0.05, 0.1) is 11.8 Å². The molecule has 0 aliphatic rings. The molecule has 1 amide bonds. The minimum atomic E-state index is -4.77. The summed E-state index contributed by atoms with van der Waals surface area (Å²) in [6, 6.07) is 20.8. The van der Waals surface area contributed by atoms with E-state index in [2.05, 4.69) is 25.4 Å². The average molecular weight is 567 g/mol. The molecule has 0 aliphatic carbocycles. The number of benzene rings is 3. The SMILES string of the molecule is CC(C)c1ccccc1NC(=S)C(C#N)C(=O)Nc1ccc(C(N)=NC=Nc2ccc(OC(F)(F)F)cc2)cc1. The van der Waals surface area contributed by atoms with E-state index in [0.29, 0.717) is 16.9 Å². The van der Waals surface area contributed by atoms with E-state index in [-0.39, 0.29) is 22.5 Å². The lowest BCUT2D eigenvalue weighted by atomic mass is 10.0. The van der Waals surface area contributed by atoms with Crippen LogP contribution in [0.5, 0.6) is 5.75 Å². The van der Waals surface area contributed by atoms with Crippen molar-refractivity contribution in [1.82, 2.24) is 0 Å². The Kier molecular flexibility index (Phi) is 9.94. The molecule has 40 heavy (non-hydrogen) atoms. The third-order valence-corrected chi connectivity index (χ3v) is 5.75. The second kappa shape index (κ2) is 13.3. The number of para-hydroxylation sites is 1. The van der Waals surface area contributed by atoms with Gasteiger partial charge in [0.2, 0.25) is 5.91 Å². The lowest BCUT2D eigenvalue weighted by Gasteiger charge is -2.17. The number of ether oxygens (including phenoxy) is 1. The van der Waals surface area contributed by atoms with Crippen LogP contribution in [0.3, 0.4) is 0 Å². The number of amides is 1. The quantitative estimate of drug-likeness (QED) is 0.159. The minimum Gasteiger partial charge on any atom is -0.406 e. The van der Waals surface area contributed by atoms with Gasteiger partial charge in [-0.15, -0.1) is 13.2 Å². The Labute approximate surface area is 234 Å². The number of halogens is 3. The summed E-state index contributed by atoms with van der Waals surface area (Å²) >= 11 is 5.36. The second-order valence-corrected chi connectivity index (χ2v) is 9.10. The van der Waals surface area contributed by atoms with Gasteiger partial charge in [0.25, 0.3) is 0 Å². The highest BCUT2D eigenvalue weighted by Crippen LogP contribution is 2.26. The number of amidine groups is 1. The molecular weight excluding hydrogens is 541 g/mol. The molecule has 1 atom stereocenters. The van der Waals surface area contributed by atoms with Crippen LogP contribution in [0, 0.1) is 17.2 Å². The molecule has 4 N–H and O–H groups in total. The minimum absolute atomic E-state index is 0.0860. The molecule has 0 aliphatic heterocycles. The third-order valence-electron chi connectivity index (χ3n) is 5.42. The molecule has 1 unspecified atom stereocenters. The Morgan fingerprint density at radius 2 is 1.70 bits per heavy atom. The molecule has 0 spiro atoms. The van der Waals surface area contributed by atoms with Crippen molar-refractivity contribution in [3.8, 4) is 11.8 Å². The van der Waals surface area contributed by atoms with Gasteiger partial charge in [0.15, 0.2) is 5.92 Å². The van der Waals surface area contributed by atoms with Crippen LogP contribution in [0.1, 0.15) is 30.9 Å². The molecule has 8 nitrogen and oxygen atoms in total. The van der Waals surface area contributed by atoms with Gasteiger partial charge in [-0.2, -0.15) is 5.26 Å². The van der Waals surface area contributed by atoms with Crippen molar-refractivity contribution in [3.05, 3.63) is 83.9 Å². The van der Waals surface area contributed by atoms with Gasteiger partial charge >= 0.3 is 6.36 Å². The smallest absolute Gasteiger partial charge is 0.406 e. The van der Waals surface area contributed by atoms with Gasteiger partial charge in [-0.3, -0.25) is 4.79 Å². The van der Waals surface area contributed by atoms with Crippen LogP contribution in [0.15, 0.2) is 82.8 Å². The van der Waals surface area contributed by atoms with Crippen LogP contribution in [0.2, 0.25) is 0 Å². The lowest BCUT2D eigenvalue weighted by Crippen LogP contribution is -2.32. The molecule has 12 heteroatoms. The van der Waals surface area contributed by atoms with Gasteiger partial charge in [0, 0.05) is 16.9 Å². The summed E-state index contributed by atoms with van der Waals surface area (Å²) in [4.78, 5) is 20.9. The number of nitriles is 1. The van der Waals surface area contributed by atoms with Gasteiger partial charge in [0.1, 0.15) is 22.9 Å². The van der Waals surface area contributed by atoms with Gasteiger partial charge in [-0.1, -0.05) is 44.3 Å². The number of anilines is 2. The number of rotatable bonds is 9. The summed E-state index contributed by atoms with van der Waals surface area (Å²) in [5, 5.41) is 15.3. The maximum Gasteiger partial charge on any atom is 0.573 e. The van der Waals surface area contributed by atoms with Crippen LogP contribution < -0.4 is 21.1 Å². The van der Waals surface area contributed by atoms with Crippen molar-refractivity contribution in [1.29, 1.82) is 5.26 Å². The predicted octanol–water partition coefficient (Wildman–Crippen LogP) is 6.29. The Morgan fingerprint density at radius 3 is 2.30 bits per heavy atom. The van der Waals surface area contributed by atoms with Crippen molar-refractivity contribution in [2.24, 2.45) is 21.6 Å². The highest BCUT2D eigenvalue weighted by Gasteiger charge is 2.31. The van der Waals surface area contributed by atoms with E-state index in [0.717, 1.165) is 29.7 Å². The first kappa shape index (κ1) is 29.8. The molecule has 3 aromatic rings. The van der Waals surface area contributed by atoms with E-state index < -0.39 is 18.2 Å². The zero-order chi connectivity index (χ0) is 29.3. The molecule has 0 saturated carbocycles. The number of carbonyl (C=O) groups excluding carboxylic acids is 1. The Hall–Kier alpha value is -4.76. The zero-order valence-corrected chi connectivity index (χ0v) is 22.3. The second-order valence-electron chi connectivity index (χ2n) is 8.66. The van der Waals surface area contributed by atoms with Crippen molar-refractivity contribution >= 4 is 52.3 Å². The van der Waals surface area contributed by atoms with Crippen molar-refractivity contribution in [3.63, 3.8) is 0 Å². The largest absolute Gasteiger partial charge is 0.573 e. The molecule has 0 radical (unpaired) electrons. The Bertz CT molecular complexity index is 1450. The van der Waals surface area contributed by atoms with Crippen LogP contribution >= 0.6 is 12.2 Å². The number of nitrogens with zero attached hydrogens (tertiary/aromatic N) is 3. The molecule has 206 valence electrons. The lowest BCUT2D eigenvalue weighted by molar-refractivity contribution is -0.274. The maximum absolute atomic E-state index is 12.8. The molecular formula is C28H25F3N6O2S. The number of thiocarbonyl (C=S) groups is 1. The maximum atomic E-state index is 12.8. The van der Waals surface area contributed by atoms with Gasteiger partial charge in [-0.25, -0.2) is 9.98 Å². The standard InChI is InChI=1S/C28H25F3N6O2S/c1-17(2)22-5-3-4-6-24(22)37-27(40)23(15-32)26(38)36-20-9-7-18(8-10-20)25(33)35-16-34-19-11-13-21(14-12-19)39-28(29,30)31/h3-14,16-17,23H,1-2H3,(H,36,38)(H,37,40)(H2,33,34,35). The van der Waals surface area contributed by atoms with Crippen LogP contribution in [-0.2, 0) is 4.79 Å². The Morgan fingerprint density at radius 1 is 1.05 bits per heavy atom. The number of hydrogen-bond donors (Lipinski definition) is 3. The van der Waals surface area contributed by atoms with Gasteiger partial charge in [-0.05, 0) is 66.1 Å². The van der Waals surface area contributed by atoms with Crippen molar-refractivity contribution < 1.29 is 22.7 Å². The number of nitrogens with two attached hydrogens (primary N) is 1. The summed E-state index contributed by atoms with van der Waals surface area (Å²) < 4.78 is 40.6. The number of aliphatic imine (C=N–C) groups is 2. The molecule has 0 aromatic heterocycles. The van der Waals surface area contributed by atoms with E-state index in [1.165, 1.54) is 12.1 Å². The summed E-state index contributed by atoms with van der Waals surface area (Å²) in [6.45, 7) is 4.07. The number of nitrogens with one attached hydrogen (secondary N) is 2. The summed E-state index contributed by atoms with van der Waals surface area (Å²) in [5.74, 6) is -1.84.